The Balaban J connectivity index is 1.19. The van der Waals surface area contributed by atoms with Gasteiger partial charge in [-0.05, 0) is 59.0 Å². The summed E-state index contributed by atoms with van der Waals surface area (Å²) in [6, 6.07) is 21.6. The largest absolute Gasteiger partial charge is 0.497 e. The highest BCUT2D eigenvalue weighted by molar-refractivity contribution is 5.95. The highest BCUT2D eigenvalue weighted by Gasteiger charge is 2.25. The van der Waals surface area contributed by atoms with Crippen LogP contribution >= 0.6 is 0 Å². The first-order valence-electron chi connectivity index (χ1n) is 10.8. The van der Waals surface area contributed by atoms with Crippen molar-refractivity contribution in [3.05, 3.63) is 83.4 Å². The van der Waals surface area contributed by atoms with E-state index in [1.807, 2.05) is 18.2 Å². The minimum Gasteiger partial charge on any atom is -0.497 e. The molecule has 32 heavy (non-hydrogen) atoms. The fourth-order valence-corrected chi connectivity index (χ4v) is 4.48. The minimum atomic E-state index is -0.131. The quantitative estimate of drug-likeness (QED) is 0.532. The molecule has 0 radical (unpaired) electrons. The number of rotatable bonds is 3. The molecular formula is C26H25N3O3. The number of methoxy groups -OCH3 is 1. The van der Waals surface area contributed by atoms with Crippen LogP contribution in [0.4, 0.5) is 10.5 Å². The number of fused-ring (bicyclic) bond motifs is 3. The molecule has 5 rings (SSSR count). The summed E-state index contributed by atoms with van der Waals surface area (Å²) in [5, 5.41) is 3.03. The lowest BCUT2D eigenvalue weighted by molar-refractivity contribution is 0.0671. The Morgan fingerprint density at radius 2 is 1.56 bits per heavy atom. The van der Waals surface area contributed by atoms with Crippen LogP contribution in [0.5, 0.6) is 5.75 Å². The van der Waals surface area contributed by atoms with E-state index in [1.54, 1.807) is 29.0 Å². The highest BCUT2D eigenvalue weighted by Crippen LogP contribution is 2.37. The van der Waals surface area contributed by atoms with E-state index in [1.165, 1.54) is 22.3 Å². The smallest absolute Gasteiger partial charge is 0.321 e. The molecule has 0 aromatic heterocycles. The molecule has 1 fully saturated rings. The average molecular weight is 428 g/mol. The number of carbonyl (C=O) groups is 2. The predicted molar refractivity (Wildman–Crippen MR) is 124 cm³/mol. The molecule has 2 aliphatic rings. The molecule has 162 valence electrons. The highest BCUT2D eigenvalue weighted by atomic mass is 16.5. The van der Waals surface area contributed by atoms with Crippen LogP contribution in [0, 0.1) is 0 Å². The van der Waals surface area contributed by atoms with Gasteiger partial charge < -0.3 is 19.9 Å². The lowest BCUT2D eigenvalue weighted by Crippen LogP contribution is -2.51. The normalized spacial score (nSPS) is 14.5. The molecule has 0 spiro atoms. The Labute approximate surface area is 187 Å². The van der Waals surface area contributed by atoms with Gasteiger partial charge in [0, 0.05) is 37.4 Å². The molecule has 6 heteroatoms. The lowest BCUT2D eigenvalue weighted by Gasteiger charge is -2.34. The summed E-state index contributed by atoms with van der Waals surface area (Å²) in [5.41, 5.74) is 6.47. The van der Waals surface area contributed by atoms with Gasteiger partial charge in [-0.3, -0.25) is 4.79 Å². The van der Waals surface area contributed by atoms with Crippen LogP contribution in [0.15, 0.2) is 66.7 Å². The second kappa shape index (κ2) is 8.38. The van der Waals surface area contributed by atoms with Crippen molar-refractivity contribution in [2.24, 2.45) is 0 Å². The molecule has 0 bridgehead atoms. The zero-order valence-corrected chi connectivity index (χ0v) is 18.0. The second-order valence-corrected chi connectivity index (χ2v) is 8.15. The van der Waals surface area contributed by atoms with Gasteiger partial charge in [0.2, 0.25) is 0 Å². The average Bonchev–Trinajstić information content (AvgIpc) is 3.21. The molecule has 1 heterocycles. The van der Waals surface area contributed by atoms with Crippen molar-refractivity contribution in [2.45, 2.75) is 6.42 Å². The van der Waals surface area contributed by atoms with Gasteiger partial charge in [-0.25, -0.2) is 4.79 Å². The SMILES string of the molecule is COc1cccc(C(=O)N2CCN(C(=O)Nc3ccc4c(c3)Cc3ccccc3-4)CC2)c1. The summed E-state index contributed by atoms with van der Waals surface area (Å²) in [5.74, 6) is 0.619. The molecule has 0 unspecified atom stereocenters. The van der Waals surface area contributed by atoms with Crippen molar-refractivity contribution in [2.75, 3.05) is 38.6 Å². The number of hydrogen-bond acceptors (Lipinski definition) is 3. The summed E-state index contributed by atoms with van der Waals surface area (Å²) in [4.78, 5) is 29.1. The van der Waals surface area contributed by atoms with Crippen LogP contribution in [0.1, 0.15) is 21.5 Å². The monoisotopic (exact) mass is 427 g/mol. The first kappa shape index (κ1) is 20.1. The number of piperazine rings is 1. The van der Waals surface area contributed by atoms with Crippen molar-refractivity contribution in [3.8, 4) is 16.9 Å². The Morgan fingerprint density at radius 1 is 0.812 bits per heavy atom. The molecule has 0 saturated carbocycles. The first-order valence-corrected chi connectivity index (χ1v) is 10.8. The Hall–Kier alpha value is -3.80. The van der Waals surface area contributed by atoms with E-state index in [0.29, 0.717) is 37.5 Å². The van der Waals surface area contributed by atoms with E-state index in [0.717, 1.165) is 12.1 Å². The molecule has 3 amide bonds. The van der Waals surface area contributed by atoms with Crippen molar-refractivity contribution in [1.29, 1.82) is 0 Å². The van der Waals surface area contributed by atoms with E-state index < -0.39 is 0 Å². The number of urea groups is 1. The molecule has 6 nitrogen and oxygen atoms in total. The van der Waals surface area contributed by atoms with Crippen molar-refractivity contribution in [3.63, 3.8) is 0 Å². The molecule has 1 saturated heterocycles. The third kappa shape index (κ3) is 3.80. The number of nitrogens with one attached hydrogen (secondary N) is 1. The van der Waals surface area contributed by atoms with Gasteiger partial charge >= 0.3 is 6.03 Å². The lowest BCUT2D eigenvalue weighted by atomic mass is 10.1. The van der Waals surface area contributed by atoms with Gasteiger partial charge in [0.05, 0.1) is 7.11 Å². The van der Waals surface area contributed by atoms with Crippen LogP contribution in [0.25, 0.3) is 11.1 Å². The molecule has 3 aromatic rings. The number of benzene rings is 3. The van der Waals surface area contributed by atoms with Crippen LogP contribution in [0.2, 0.25) is 0 Å². The number of amides is 3. The molecule has 3 aromatic carbocycles. The van der Waals surface area contributed by atoms with E-state index in [9.17, 15) is 9.59 Å². The Morgan fingerprint density at radius 3 is 2.38 bits per heavy atom. The third-order valence-electron chi connectivity index (χ3n) is 6.22. The number of anilines is 1. The van der Waals surface area contributed by atoms with E-state index in [2.05, 4.69) is 41.7 Å². The standard InChI is InChI=1S/C26H25N3O3/c1-32-22-7-4-6-19(17-22)25(30)28-11-13-29(14-12-28)26(31)27-21-9-10-24-20(16-21)15-18-5-2-3-8-23(18)24/h2-10,16-17H,11-15H2,1H3,(H,27,31). The van der Waals surface area contributed by atoms with Crippen molar-refractivity contribution in [1.82, 2.24) is 9.80 Å². The minimum absolute atomic E-state index is 0.0397. The van der Waals surface area contributed by atoms with E-state index in [-0.39, 0.29) is 11.9 Å². The summed E-state index contributed by atoms with van der Waals surface area (Å²) >= 11 is 0. The van der Waals surface area contributed by atoms with Gasteiger partial charge in [0.1, 0.15) is 5.75 Å². The summed E-state index contributed by atoms with van der Waals surface area (Å²) < 4.78 is 5.21. The van der Waals surface area contributed by atoms with Gasteiger partial charge in [0.15, 0.2) is 0 Å². The van der Waals surface area contributed by atoms with Crippen molar-refractivity contribution >= 4 is 17.6 Å². The van der Waals surface area contributed by atoms with Crippen molar-refractivity contribution < 1.29 is 14.3 Å². The van der Waals surface area contributed by atoms with Gasteiger partial charge in [0.25, 0.3) is 5.91 Å². The fraction of sp³-hybridized carbons (Fsp3) is 0.231. The topological polar surface area (TPSA) is 61.9 Å². The maximum absolute atomic E-state index is 12.8. The van der Waals surface area contributed by atoms with E-state index in [4.69, 9.17) is 4.74 Å². The number of nitrogens with zero attached hydrogens (tertiary/aromatic N) is 2. The molecule has 1 N–H and O–H groups in total. The molecular weight excluding hydrogens is 402 g/mol. The fourth-order valence-electron chi connectivity index (χ4n) is 4.48. The molecule has 1 aliphatic heterocycles. The maximum Gasteiger partial charge on any atom is 0.321 e. The molecule has 0 atom stereocenters. The number of carbonyl (C=O) groups excluding carboxylic acids is 2. The maximum atomic E-state index is 12.8. The van der Waals surface area contributed by atoms with Gasteiger partial charge in [-0.15, -0.1) is 0 Å². The zero-order valence-electron chi connectivity index (χ0n) is 18.0. The summed E-state index contributed by atoms with van der Waals surface area (Å²) in [7, 11) is 1.58. The summed E-state index contributed by atoms with van der Waals surface area (Å²) in [6.07, 6.45) is 0.889. The van der Waals surface area contributed by atoms with Gasteiger partial charge in [-0.2, -0.15) is 0 Å². The predicted octanol–water partition coefficient (Wildman–Crippen LogP) is 4.26. The Bertz CT molecular complexity index is 1180. The van der Waals surface area contributed by atoms with Crippen LogP contribution < -0.4 is 10.1 Å². The Kier molecular flexibility index (Phi) is 5.27. The third-order valence-corrected chi connectivity index (χ3v) is 6.22. The summed E-state index contributed by atoms with van der Waals surface area (Å²) in [6.45, 7) is 2.00. The van der Waals surface area contributed by atoms with Crippen LogP contribution in [-0.2, 0) is 6.42 Å². The second-order valence-electron chi connectivity index (χ2n) is 8.15. The number of ether oxygens (including phenoxy) is 1. The number of hydrogen-bond donors (Lipinski definition) is 1. The zero-order chi connectivity index (χ0) is 22.1. The van der Waals surface area contributed by atoms with Crippen LogP contribution in [0.3, 0.4) is 0 Å². The van der Waals surface area contributed by atoms with E-state index >= 15 is 0 Å². The first-order chi connectivity index (χ1) is 15.6. The molecule has 1 aliphatic carbocycles. The van der Waals surface area contributed by atoms with Crippen LogP contribution in [-0.4, -0.2) is 55.0 Å². The van der Waals surface area contributed by atoms with Gasteiger partial charge in [-0.1, -0.05) is 36.4 Å².